The zero-order valence-corrected chi connectivity index (χ0v) is 16.3. The monoisotopic (exact) mass is 388 g/mol. The summed E-state index contributed by atoms with van der Waals surface area (Å²) in [6, 6.07) is 12.6. The molecule has 0 bridgehead atoms. The molecule has 5 nitrogen and oxygen atoms in total. The largest absolute Gasteiger partial charge is 0.310 e. The number of benzene rings is 2. The highest BCUT2D eigenvalue weighted by Gasteiger charge is 2.39. The van der Waals surface area contributed by atoms with Gasteiger partial charge in [-0.2, -0.15) is 0 Å². The molecule has 2 aromatic carbocycles. The second kappa shape index (κ2) is 6.32. The summed E-state index contributed by atoms with van der Waals surface area (Å²) in [5.41, 5.74) is 2.06. The lowest BCUT2D eigenvalue weighted by molar-refractivity contribution is -0.117. The molecular formula is C19H20N2O3S2. The molecule has 0 unspecified atom stereocenters. The lowest BCUT2D eigenvalue weighted by atomic mass is 10.1. The molecule has 0 N–H and O–H groups in total. The Bertz CT molecular complexity index is 974. The lowest BCUT2D eigenvalue weighted by Crippen LogP contribution is -2.35. The van der Waals surface area contributed by atoms with Crippen LogP contribution in [0.25, 0.3) is 0 Å². The third kappa shape index (κ3) is 2.61. The van der Waals surface area contributed by atoms with Gasteiger partial charge in [0.05, 0.1) is 22.7 Å². The van der Waals surface area contributed by atoms with Crippen molar-refractivity contribution in [1.29, 1.82) is 0 Å². The van der Waals surface area contributed by atoms with Crippen LogP contribution < -0.4 is 9.21 Å². The molecule has 0 fully saturated rings. The molecule has 0 spiro atoms. The average molecular weight is 389 g/mol. The van der Waals surface area contributed by atoms with E-state index in [1.807, 2.05) is 31.2 Å². The molecule has 0 aromatic heterocycles. The van der Waals surface area contributed by atoms with Gasteiger partial charge in [-0.25, -0.2) is 8.42 Å². The number of nitrogens with zero attached hydrogens (tertiary/aromatic N) is 2. The van der Waals surface area contributed by atoms with E-state index < -0.39 is 10.0 Å². The van der Waals surface area contributed by atoms with Crippen molar-refractivity contribution in [1.82, 2.24) is 0 Å². The van der Waals surface area contributed by atoms with Crippen LogP contribution in [0.3, 0.4) is 0 Å². The average Bonchev–Trinajstić information content (AvgIpc) is 2.93. The second-order valence-corrected chi connectivity index (χ2v) is 9.81. The van der Waals surface area contributed by atoms with Crippen LogP contribution in [0.15, 0.2) is 52.3 Å². The smallest absolute Gasteiger partial charge is 0.264 e. The molecule has 2 aliphatic heterocycles. The second-order valence-electron chi connectivity index (χ2n) is 6.50. The molecule has 0 saturated carbocycles. The van der Waals surface area contributed by atoms with Gasteiger partial charge in [-0.05, 0) is 31.2 Å². The molecule has 0 aliphatic carbocycles. The summed E-state index contributed by atoms with van der Waals surface area (Å²) in [4.78, 5) is 15.5. The summed E-state index contributed by atoms with van der Waals surface area (Å²) in [5.74, 6) is -0.0150. The van der Waals surface area contributed by atoms with Crippen molar-refractivity contribution < 1.29 is 13.2 Å². The number of thioether (sulfide) groups is 1. The third-order valence-electron chi connectivity index (χ3n) is 4.77. The van der Waals surface area contributed by atoms with Gasteiger partial charge in [-0.15, -0.1) is 11.8 Å². The zero-order valence-electron chi connectivity index (χ0n) is 14.7. The summed E-state index contributed by atoms with van der Waals surface area (Å²) >= 11 is 1.70. The van der Waals surface area contributed by atoms with Crippen molar-refractivity contribution in [2.45, 2.75) is 35.3 Å². The molecular weight excluding hydrogens is 368 g/mol. The fourth-order valence-electron chi connectivity index (χ4n) is 3.68. The van der Waals surface area contributed by atoms with Crippen molar-refractivity contribution in [3.63, 3.8) is 0 Å². The standard InChI is InChI=1S/C19H20N2O3S2/c1-3-21(14-7-5-4-6-8-14)26(23,24)17-10-9-16-19-15(17)11-18(22)20(19)12-13(2)25-16/h4-10,13H,3,11-12H2,1-2H3/t13-/m1/s1. The van der Waals surface area contributed by atoms with Crippen LogP contribution in [0, 0.1) is 0 Å². The van der Waals surface area contributed by atoms with E-state index in [0.717, 1.165) is 10.6 Å². The van der Waals surface area contributed by atoms with E-state index in [1.54, 1.807) is 34.9 Å². The van der Waals surface area contributed by atoms with Gasteiger partial charge in [0.15, 0.2) is 0 Å². The predicted molar refractivity (Wildman–Crippen MR) is 104 cm³/mol. The Labute approximate surface area is 158 Å². The minimum atomic E-state index is -3.75. The fourth-order valence-corrected chi connectivity index (χ4v) is 6.53. The Hall–Kier alpha value is -1.99. The first-order chi connectivity index (χ1) is 12.4. The number of hydrogen-bond donors (Lipinski definition) is 0. The molecule has 0 radical (unpaired) electrons. The van der Waals surface area contributed by atoms with E-state index in [1.165, 1.54) is 4.31 Å². The van der Waals surface area contributed by atoms with Crippen LogP contribution in [0.4, 0.5) is 11.4 Å². The van der Waals surface area contributed by atoms with Crippen molar-refractivity contribution in [3.05, 3.63) is 48.0 Å². The number of rotatable bonds is 4. The highest BCUT2D eigenvalue weighted by molar-refractivity contribution is 8.00. The number of amides is 1. The summed E-state index contributed by atoms with van der Waals surface area (Å²) in [5, 5.41) is 0.302. The van der Waals surface area contributed by atoms with Gasteiger partial charge in [-0.3, -0.25) is 9.10 Å². The molecule has 2 aromatic rings. The van der Waals surface area contributed by atoms with E-state index in [4.69, 9.17) is 0 Å². The first-order valence-electron chi connectivity index (χ1n) is 8.64. The first-order valence-corrected chi connectivity index (χ1v) is 11.0. The molecule has 7 heteroatoms. The van der Waals surface area contributed by atoms with Crippen molar-refractivity contribution >= 4 is 39.1 Å². The number of hydrogen-bond acceptors (Lipinski definition) is 4. The van der Waals surface area contributed by atoms with Crippen LogP contribution >= 0.6 is 11.8 Å². The van der Waals surface area contributed by atoms with Gasteiger partial charge >= 0.3 is 0 Å². The highest BCUT2D eigenvalue weighted by Crippen LogP contribution is 2.47. The predicted octanol–water partition coefficient (Wildman–Crippen LogP) is 3.29. The molecule has 2 heterocycles. The quantitative estimate of drug-likeness (QED) is 0.807. The van der Waals surface area contributed by atoms with Crippen molar-refractivity contribution in [2.75, 3.05) is 22.3 Å². The van der Waals surface area contributed by atoms with E-state index in [0.29, 0.717) is 29.6 Å². The normalized spacial score (nSPS) is 18.8. The topological polar surface area (TPSA) is 57.7 Å². The maximum atomic E-state index is 13.4. The molecule has 1 amide bonds. The molecule has 4 rings (SSSR count). The number of carbonyl (C=O) groups excluding carboxylic acids is 1. The fraction of sp³-hybridized carbons (Fsp3) is 0.316. The summed E-state index contributed by atoms with van der Waals surface area (Å²) < 4.78 is 28.2. The van der Waals surface area contributed by atoms with E-state index in [9.17, 15) is 13.2 Å². The molecule has 26 heavy (non-hydrogen) atoms. The molecule has 2 aliphatic rings. The summed E-state index contributed by atoms with van der Waals surface area (Å²) in [7, 11) is -3.75. The van der Waals surface area contributed by atoms with Crippen LogP contribution in [0.2, 0.25) is 0 Å². The Morgan fingerprint density at radius 2 is 1.92 bits per heavy atom. The van der Waals surface area contributed by atoms with Crippen LogP contribution in [-0.4, -0.2) is 32.7 Å². The van der Waals surface area contributed by atoms with Gasteiger partial charge < -0.3 is 4.90 Å². The van der Waals surface area contributed by atoms with Crippen molar-refractivity contribution in [2.24, 2.45) is 0 Å². The zero-order chi connectivity index (χ0) is 18.5. The van der Waals surface area contributed by atoms with Crippen molar-refractivity contribution in [3.8, 4) is 0 Å². The van der Waals surface area contributed by atoms with Crippen LogP contribution in [0.1, 0.15) is 19.4 Å². The van der Waals surface area contributed by atoms with Gasteiger partial charge in [0.25, 0.3) is 10.0 Å². The number of anilines is 2. The Kier molecular flexibility index (Phi) is 4.23. The molecule has 1 atom stereocenters. The number of para-hydroxylation sites is 1. The minimum absolute atomic E-state index is 0.0150. The number of carbonyl (C=O) groups is 1. The van der Waals surface area contributed by atoms with Crippen LogP contribution in [0.5, 0.6) is 0 Å². The Balaban J connectivity index is 1.86. The van der Waals surface area contributed by atoms with Gasteiger partial charge in [0.2, 0.25) is 5.91 Å². The van der Waals surface area contributed by atoms with Gasteiger partial charge in [-0.1, -0.05) is 25.1 Å². The van der Waals surface area contributed by atoms with E-state index in [2.05, 4.69) is 6.92 Å². The Morgan fingerprint density at radius 3 is 2.62 bits per heavy atom. The van der Waals surface area contributed by atoms with Crippen LogP contribution in [-0.2, 0) is 21.2 Å². The summed E-state index contributed by atoms with van der Waals surface area (Å²) in [6.07, 6.45) is 0.150. The SMILES string of the molecule is CCN(c1ccccc1)S(=O)(=O)c1ccc2c3c1CC(=O)N3C[C@@H](C)S2. The molecule has 0 saturated heterocycles. The highest BCUT2D eigenvalue weighted by atomic mass is 32.2. The van der Waals surface area contributed by atoms with E-state index in [-0.39, 0.29) is 17.2 Å². The maximum absolute atomic E-state index is 13.4. The summed E-state index contributed by atoms with van der Waals surface area (Å²) in [6.45, 7) is 4.85. The lowest BCUT2D eigenvalue weighted by Gasteiger charge is -2.30. The van der Waals surface area contributed by atoms with E-state index >= 15 is 0 Å². The minimum Gasteiger partial charge on any atom is -0.310 e. The maximum Gasteiger partial charge on any atom is 0.264 e. The Morgan fingerprint density at radius 1 is 1.19 bits per heavy atom. The van der Waals surface area contributed by atoms with Gasteiger partial charge in [0, 0.05) is 28.8 Å². The third-order valence-corrected chi connectivity index (χ3v) is 7.89. The number of sulfonamides is 1. The van der Waals surface area contributed by atoms with Gasteiger partial charge in [0.1, 0.15) is 0 Å². The molecule has 136 valence electrons. The first kappa shape index (κ1) is 17.4.